The van der Waals surface area contributed by atoms with Gasteiger partial charge in [0.2, 0.25) is 0 Å². The van der Waals surface area contributed by atoms with E-state index in [1.807, 2.05) is 27.0 Å². The van der Waals surface area contributed by atoms with Crippen LogP contribution in [0.3, 0.4) is 0 Å². The lowest BCUT2D eigenvalue weighted by atomic mass is 10.2. The molecule has 1 unspecified atom stereocenters. The third-order valence-electron chi connectivity index (χ3n) is 2.67. The minimum Gasteiger partial charge on any atom is -0.374 e. The fourth-order valence-corrected chi connectivity index (χ4v) is 1.56. The van der Waals surface area contributed by atoms with Crippen molar-refractivity contribution < 1.29 is 4.79 Å². The number of nitrogens with zero attached hydrogens (tertiary/aromatic N) is 2. The van der Waals surface area contributed by atoms with Crippen LogP contribution in [0.4, 0.5) is 5.69 Å². The maximum absolute atomic E-state index is 11.7. The Hall–Kier alpha value is -1.62. The van der Waals surface area contributed by atoms with E-state index in [0.29, 0.717) is 12.2 Å². The third kappa shape index (κ3) is 4.33. The third-order valence-corrected chi connectivity index (χ3v) is 2.67. The lowest BCUT2D eigenvalue weighted by Gasteiger charge is -2.20. The molecule has 5 heteroatoms. The van der Waals surface area contributed by atoms with Gasteiger partial charge in [-0.25, -0.2) is 0 Å². The Morgan fingerprint density at radius 2 is 2.33 bits per heavy atom. The van der Waals surface area contributed by atoms with Gasteiger partial charge in [0, 0.05) is 38.1 Å². The average Bonchev–Trinajstić information content (AvgIpc) is 2.36. The molecule has 1 rings (SSSR count). The Bertz CT molecular complexity index is 392. The molecular weight excluding hydrogens is 228 g/mol. The first-order valence-corrected chi connectivity index (χ1v) is 6.25. The van der Waals surface area contributed by atoms with Crippen molar-refractivity contribution in [2.24, 2.45) is 5.73 Å². The molecular formula is C13H22N4O. The summed E-state index contributed by atoms with van der Waals surface area (Å²) in [6.07, 6.45) is 2.57. The first-order valence-electron chi connectivity index (χ1n) is 6.25. The summed E-state index contributed by atoms with van der Waals surface area (Å²) in [4.78, 5) is 17.8. The van der Waals surface area contributed by atoms with Gasteiger partial charge in [-0.2, -0.15) is 0 Å². The van der Waals surface area contributed by atoms with E-state index < -0.39 is 0 Å². The van der Waals surface area contributed by atoms with Crippen LogP contribution in [0.2, 0.25) is 0 Å². The van der Waals surface area contributed by atoms with Gasteiger partial charge in [-0.15, -0.1) is 0 Å². The number of carbonyl (C=O) groups excluding carboxylic acids is 1. The van der Waals surface area contributed by atoms with Gasteiger partial charge in [0.05, 0.1) is 0 Å². The van der Waals surface area contributed by atoms with E-state index in [4.69, 9.17) is 5.73 Å². The first-order chi connectivity index (χ1) is 8.54. The fraction of sp³-hybridized carbons (Fsp3) is 0.538. The molecule has 0 aromatic carbocycles. The minimum absolute atomic E-state index is 0.139. The van der Waals surface area contributed by atoms with Crippen LogP contribution in [-0.4, -0.2) is 37.1 Å². The molecule has 1 aromatic rings. The van der Waals surface area contributed by atoms with Crippen LogP contribution in [0.25, 0.3) is 0 Å². The number of anilines is 1. The highest BCUT2D eigenvalue weighted by molar-refractivity contribution is 5.93. The average molecular weight is 250 g/mol. The molecule has 100 valence electrons. The van der Waals surface area contributed by atoms with Crippen LogP contribution in [0, 0.1) is 0 Å². The topological polar surface area (TPSA) is 71.2 Å². The standard InChI is InChI=1S/C13H22N4O/c1-4-15-13(18)12-9-11(5-7-16-12)17(3)8-6-10(2)14/h5,7,9-10H,4,6,8,14H2,1-3H3,(H,15,18). The zero-order valence-electron chi connectivity index (χ0n) is 11.3. The number of pyridine rings is 1. The molecule has 5 nitrogen and oxygen atoms in total. The van der Waals surface area contributed by atoms with Crippen molar-refractivity contribution >= 4 is 11.6 Å². The summed E-state index contributed by atoms with van der Waals surface area (Å²) in [7, 11) is 1.99. The zero-order valence-corrected chi connectivity index (χ0v) is 11.3. The molecule has 0 radical (unpaired) electrons. The lowest BCUT2D eigenvalue weighted by molar-refractivity contribution is 0.0951. The number of carbonyl (C=O) groups is 1. The maximum atomic E-state index is 11.7. The van der Waals surface area contributed by atoms with E-state index in [9.17, 15) is 4.79 Å². The second-order valence-corrected chi connectivity index (χ2v) is 4.45. The van der Waals surface area contributed by atoms with Gasteiger partial charge in [-0.1, -0.05) is 0 Å². The minimum atomic E-state index is -0.139. The monoisotopic (exact) mass is 250 g/mol. The van der Waals surface area contributed by atoms with E-state index in [2.05, 4.69) is 15.2 Å². The molecule has 0 spiro atoms. The van der Waals surface area contributed by atoms with Gasteiger partial charge in [0.1, 0.15) is 5.69 Å². The summed E-state index contributed by atoms with van der Waals surface area (Å²) < 4.78 is 0. The number of amides is 1. The number of hydrogen-bond acceptors (Lipinski definition) is 4. The van der Waals surface area contributed by atoms with Gasteiger partial charge in [0.15, 0.2) is 0 Å². The van der Waals surface area contributed by atoms with Crippen molar-refractivity contribution in [2.75, 3.05) is 25.0 Å². The molecule has 0 aliphatic carbocycles. The molecule has 1 heterocycles. The van der Waals surface area contributed by atoms with Crippen LogP contribution < -0.4 is 16.0 Å². The van der Waals surface area contributed by atoms with Gasteiger partial charge < -0.3 is 16.0 Å². The molecule has 1 amide bonds. The Morgan fingerprint density at radius 1 is 1.61 bits per heavy atom. The van der Waals surface area contributed by atoms with E-state index in [1.54, 1.807) is 12.3 Å². The normalized spacial score (nSPS) is 12.0. The Labute approximate surface area is 108 Å². The van der Waals surface area contributed by atoms with Gasteiger partial charge >= 0.3 is 0 Å². The van der Waals surface area contributed by atoms with Crippen molar-refractivity contribution in [3.05, 3.63) is 24.0 Å². The highest BCUT2D eigenvalue weighted by Crippen LogP contribution is 2.13. The summed E-state index contributed by atoms with van der Waals surface area (Å²) >= 11 is 0. The summed E-state index contributed by atoms with van der Waals surface area (Å²) in [6, 6.07) is 3.87. The molecule has 1 aromatic heterocycles. The Morgan fingerprint density at radius 3 is 2.94 bits per heavy atom. The largest absolute Gasteiger partial charge is 0.374 e. The summed E-state index contributed by atoms with van der Waals surface area (Å²) in [5.41, 5.74) is 7.16. The number of rotatable bonds is 6. The van der Waals surface area contributed by atoms with Gasteiger partial charge in [-0.05, 0) is 32.4 Å². The highest BCUT2D eigenvalue weighted by Gasteiger charge is 2.09. The molecule has 0 fully saturated rings. The molecule has 0 saturated heterocycles. The van der Waals surface area contributed by atoms with Crippen LogP contribution in [0.15, 0.2) is 18.3 Å². The molecule has 1 atom stereocenters. The summed E-state index contributed by atoms with van der Waals surface area (Å²) in [6.45, 7) is 5.33. The predicted octanol–water partition coefficient (Wildman–Crippen LogP) is 1.00. The molecule has 0 saturated carbocycles. The lowest BCUT2D eigenvalue weighted by Crippen LogP contribution is -2.27. The fourth-order valence-electron chi connectivity index (χ4n) is 1.56. The molecule has 0 aliphatic heterocycles. The smallest absolute Gasteiger partial charge is 0.269 e. The first kappa shape index (κ1) is 14.4. The summed E-state index contributed by atoms with van der Waals surface area (Å²) in [5, 5.41) is 2.74. The van der Waals surface area contributed by atoms with E-state index in [-0.39, 0.29) is 11.9 Å². The van der Waals surface area contributed by atoms with E-state index in [1.165, 1.54) is 0 Å². The second kappa shape index (κ2) is 6.96. The number of nitrogens with two attached hydrogens (primary N) is 1. The zero-order chi connectivity index (χ0) is 13.5. The van der Waals surface area contributed by atoms with Gasteiger partial charge in [-0.3, -0.25) is 9.78 Å². The van der Waals surface area contributed by atoms with Crippen molar-refractivity contribution in [2.45, 2.75) is 26.3 Å². The molecule has 3 N–H and O–H groups in total. The van der Waals surface area contributed by atoms with Gasteiger partial charge in [0.25, 0.3) is 5.91 Å². The Kier molecular flexibility index (Phi) is 5.58. The number of nitrogens with one attached hydrogen (secondary N) is 1. The SMILES string of the molecule is CCNC(=O)c1cc(N(C)CCC(C)N)ccn1. The Balaban J connectivity index is 2.72. The molecule has 0 aliphatic rings. The predicted molar refractivity (Wildman–Crippen MR) is 73.8 cm³/mol. The van der Waals surface area contributed by atoms with Crippen molar-refractivity contribution in [3.63, 3.8) is 0 Å². The number of hydrogen-bond donors (Lipinski definition) is 2. The highest BCUT2D eigenvalue weighted by atomic mass is 16.1. The molecule has 18 heavy (non-hydrogen) atoms. The van der Waals surface area contributed by atoms with Crippen LogP contribution in [0.1, 0.15) is 30.8 Å². The van der Waals surface area contributed by atoms with E-state index >= 15 is 0 Å². The summed E-state index contributed by atoms with van der Waals surface area (Å²) in [5.74, 6) is -0.139. The quantitative estimate of drug-likeness (QED) is 0.790. The maximum Gasteiger partial charge on any atom is 0.269 e. The van der Waals surface area contributed by atoms with E-state index in [0.717, 1.165) is 18.7 Å². The van der Waals surface area contributed by atoms with Crippen LogP contribution in [0.5, 0.6) is 0 Å². The van der Waals surface area contributed by atoms with Crippen molar-refractivity contribution in [1.82, 2.24) is 10.3 Å². The second-order valence-electron chi connectivity index (χ2n) is 4.45. The van der Waals surface area contributed by atoms with Crippen molar-refractivity contribution in [3.8, 4) is 0 Å². The van der Waals surface area contributed by atoms with Crippen LogP contribution >= 0.6 is 0 Å². The number of aromatic nitrogens is 1. The molecule has 0 bridgehead atoms. The van der Waals surface area contributed by atoms with Crippen LogP contribution in [-0.2, 0) is 0 Å². The van der Waals surface area contributed by atoms with Crippen molar-refractivity contribution in [1.29, 1.82) is 0 Å².